The van der Waals surface area contributed by atoms with Crippen molar-refractivity contribution in [2.24, 2.45) is 0 Å². The maximum Gasteiger partial charge on any atom is 0.273 e. The Kier molecular flexibility index (Phi) is 4.59. The summed E-state index contributed by atoms with van der Waals surface area (Å²) in [5.74, 6) is 0.312. The quantitative estimate of drug-likeness (QED) is 0.695. The van der Waals surface area contributed by atoms with Gasteiger partial charge in [-0.25, -0.2) is 0 Å². The van der Waals surface area contributed by atoms with E-state index in [1.807, 2.05) is 6.07 Å². The molecule has 1 aliphatic heterocycles. The Morgan fingerprint density at radius 2 is 1.40 bits per heavy atom. The van der Waals surface area contributed by atoms with E-state index in [1.54, 1.807) is 0 Å². The highest BCUT2D eigenvalue weighted by molar-refractivity contribution is 6.83. The molecule has 1 atom stereocenters. The van der Waals surface area contributed by atoms with Crippen LogP contribution in [0.2, 0.25) is 5.82 Å². The molecule has 0 N–H and O–H groups in total. The molecule has 1 heterocycles. The predicted molar refractivity (Wildman–Crippen MR) is 107 cm³/mol. The lowest BCUT2D eigenvalue weighted by Gasteiger charge is -2.43. The van der Waals surface area contributed by atoms with Crippen LogP contribution in [0.25, 0.3) is 11.1 Å². The summed E-state index contributed by atoms with van der Waals surface area (Å²) in [6.07, 6.45) is 1.02. The van der Waals surface area contributed by atoms with Crippen LogP contribution in [0.3, 0.4) is 0 Å². The van der Waals surface area contributed by atoms with E-state index < -0.39 is 6.55 Å². The topological polar surface area (TPSA) is 18.5 Å². The zero-order valence-electron chi connectivity index (χ0n) is 16.4. The average Bonchev–Trinajstić information content (AvgIpc) is 2.80. The molecule has 1 fully saturated rings. The summed E-state index contributed by atoms with van der Waals surface area (Å²) in [6, 6.07) is 19.2. The van der Waals surface area contributed by atoms with Crippen molar-refractivity contribution in [3.05, 3.63) is 54.6 Å². The molecular formula is C22H30BO2-. The van der Waals surface area contributed by atoms with Crippen LogP contribution in [0.5, 0.6) is 0 Å². The second kappa shape index (κ2) is 6.30. The molecule has 0 saturated carbocycles. The normalized spacial score (nSPS) is 21.8. The standard InChI is InChI=1S/C22H30BO2/c1-7-17(2)23(24-21(3,4)22(5,6)25-23)20-15-11-14-19(16-20)18-12-9-8-10-13-18/h8-17H,7H2,1-6H3/q-1. The molecule has 25 heavy (non-hydrogen) atoms. The van der Waals surface area contributed by atoms with Gasteiger partial charge >= 0.3 is 0 Å². The highest BCUT2D eigenvalue weighted by Gasteiger charge is 2.53. The number of benzene rings is 2. The number of hydrogen-bond acceptors (Lipinski definition) is 2. The van der Waals surface area contributed by atoms with Gasteiger partial charge in [-0.15, -0.1) is 5.82 Å². The first-order chi connectivity index (χ1) is 11.7. The fraction of sp³-hybridized carbons (Fsp3) is 0.455. The summed E-state index contributed by atoms with van der Waals surface area (Å²) < 4.78 is 13.4. The molecule has 0 bridgehead atoms. The third-order valence-electron chi connectivity index (χ3n) is 6.24. The van der Waals surface area contributed by atoms with E-state index in [4.69, 9.17) is 9.31 Å². The second-order valence-corrected chi connectivity index (χ2v) is 8.40. The van der Waals surface area contributed by atoms with Crippen LogP contribution in [-0.2, 0) is 9.31 Å². The Bertz CT molecular complexity index is 721. The summed E-state index contributed by atoms with van der Waals surface area (Å²) in [7, 11) is 0. The smallest absolute Gasteiger partial charge is 0.273 e. The fourth-order valence-electron chi connectivity index (χ4n) is 3.79. The van der Waals surface area contributed by atoms with Crippen molar-refractivity contribution in [3.8, 4) is 11.1 Å². The molecule has 3 heteroatoms. The average molecular weight is 337 g/mol. The van der Waals surface area contributed by atoms with Crippen LogP contribution >= 0.6 is 0 Å². The zero-order valence-corrected chi connectivity index (χ0v) is 16.4. The lowest BCUT2D eigenvalue weighted by atomic mass is 9.42. The summed E-state index contributed by atoms with van der Waals surface area (Å²) >= 11 is 0. The van der Waals surface area contributed by atoms with Crippen molar-refractivity contribution in [3.63, 3.8) is 0 Å². The monoisotopic (exact) mass is 337 g/mol. The Morgan fingerprint density at radius 3 is 1.96 bits per heavy atom. The maximum absolute atomic E-state index is 6.72. The van der Waals surface area contributed by atoms with Crippen molar-refractivity contribution >= 4 is 12.0 Å². The van der Waals surface area contributed by atoms with E-state index in [0.29, 0.717) is 5.82 Å². The van der Waals surface area contributed by atoms with E-state index in [9.17, 15) is 0 Å². The minimum atomic E-state index is -1.54. The molecule has 0 aromatic heterocycles. The van der Waals surface area contributed by atoms with Crippen LogP contribution in [0.4, 0.5) is 0 Å². The molecule has 3 rings (SSSR count). The summed E-state index contributed by atoms with van der Waals surface area (Å²) in [5, 5.41) is 0. The predicted octanol–water partition coefficient (Wildman–Crippen LogP) is 5.41. The molecule has 1 unspecified atom stereocenters. The summed E-state index contributed by atoms with van der Waals surface area (Å²) in [5.41, 5.74) is 2.92. The van der Waals surface area contributed by atoms with Crippen molar-refractivity contribution in [1.82, 2.24) is 0 Å². The van der Waals surface area contributed by atoms with Crippen LogP contribution < -0.4 is 5.46 Å². The SMILES string of the molecule is CCC(C)[B-]1(c2cccc(-c3ccccc3)c2)OC(C)(C)C(C)(C)O1. The number of hydrogen-bond donors (Lipinski definition) is 0. The Labute approximate surface area is 152 Å². The van der Waals surface area contributed by atoms with Gasteiger partial charge in [0.1, 0.15) is 0 Å². The minimum Gasteiger partial charge on any atom is -0.558 e. The van der Waals surface area contributed by atoms with Gasteiger partial charge in [0, 0.05) is 11.2 Å². The number of rotatable bonds is 4. The van der Waals surface area contributed by atoms with Crippen molar-refractivity contribution in [2.75, 3.05) is 0 Å². The van der Waals surface area contributed by atoms with Crippen LogP contribution in [0.15, 0.2) is 54.6 Å². The molecule has 2 aromatic rings. The first kappa shape index (κ1) is 18.2. The van der Waals surface area contributed by atoms with Gasteiger partial charge in [0.2, 0.25) is 0 Å². The molecule has 2 nitrogen and oxygen atoms in total. The molecule has 0 amide bonds. The molecule has 1 saturated heterocycles. The van der Waals surface area contributed by atoms with E-state index in [2.05, 4.69) is 90.1 Å². The van der Waals surface area contributed by atoms with Crippen molar-refractivity contribution < 1.29 is 9.31 Å². The van der Waals surface area contributed by atoms with Crippen LogP contribution in [0.1, 0.15) is 48.0 Å². The second-order valence-electron chi connectivity index (χ2n) is 8.40. The van der Waals surface area contributed by atoms with E-state index >= 15 is 0 Å². The van der Waals surface area contributed by atoms with Crippen molar-refractivity contribution in [1.29, 1.82) is 0 Å². The minimum absolute atomic E-state index is 0.312. The fourth-order valence-corrected chi connectivity index (χ4v) is 3.79. The maximum atomic E-state index is 6.72. The molecule has 0 aliphatic carbocycles. The van der Waals surface area contributed by atoms with Gasteiger partial charge in [0.25, 0.3) is 6.55 Å². The molecule has 2 aromatic carbocycles. The van der Waals surface area contributed by atoms with Gasteiger partial charge in [-0.05, 0) is 38.8 Å². The Morgan fingerprint density at radius 1 is 0.840 bits per heavy atom. The first-order valence-corrected chi connectivity index (χ1v) is 9.43. The van der Waals surface area contributed by atoms with Gasteiger partial charge < -0.3 is 9.31 Å². The van der Waals surface area contributed by atoms with E-state index in [-0.39, 0.29) is 11.2 Å². The van der Waals surface area contributed by atoms with E-state index in [1.165, 1.54) is 11.1 Å². The van der Waals surface area contributed by atoms with Gasteiger partial charge in [-0.1, -0.05) is 74.9 Å². The van der Waals surface area contributed by atoms with Crippen LogP contribution in [-0.4, -0.2) is 17.8 Å². The van der Waals surface area contributed by atoms with Crippen LogP contribution in [0, 0.1) is 0 Å². The highest BCUT2D eigenvalue weighted by atomic mass is 16.7. The van der Waals surface area contributed by atoms with Gasteiger partial charge in [0.05, 0.1) is 0 Å². The third-order valence-corrected chi connectivity index (χ3v) is 6.24. The molecule has 134 valence electrons. The van der Waals surface area contributed by atoms with Crippen molar-refractivity contribution in [2.45, 2.75) is 65.0 Å². The largest absolute Gasteiger partial charge is 0.558 e. The lowest BCUT2D eigenvalue weighted by molar-refractivity contribution is 0.00578. The van der Waals surface area contributed by atoms with Gasteiger partial charge in [0.15, 0.2) is 0 Å². The Balaban J connectivity index is 2.11. The van der Waals surface area contributed by atoms with Gasteiger partial charge in [-0.3, -0.25) is 0 Å². The third kappa shape index (κ3) is 3.05. The zero-order chi connectivity index (χ0) is 18.3. The molecule has 0 radical (unpaired) electrons. The first-order valence-electron chi connectivity index (χ1n) is 9.43. The summed E-state index contributed by atoms with van der Waals surface area (Å²) in [6.45, 7) is 11.5. The van der Waals surface area contributed by atoms with E-state index in [0.717, 1.165) is 11.9 Å². The molecular weight excluding hydrogens is 307 g/mol. The Hall–Kier alpha value is -1.58. The highest BCUT2D eigenvalue weighted by Crippen LogP contribution is 2.46. The summed E-state index contributed by atoms with van der Waals surface area (Å²) in [4.78, 5) is 0. The molecule has 0 spiro atoms. The molecule has 1 aliphatic rings. The lowest BCUT2D eigenvalue weighted by Crippen LogP contribution is -2.54. The van der Waals surface area contributed by atoms with Gasteiger partial charge in [-0.2, -0.15) is 5.46 Å².